The molecule has 0 radical (unpaired) electrons. The average Bonchev–Trinajstić information content (AvgIpc) is 2.74. The molecular weight excluding hydrogens is 366 g/mol. The molecule has 1 fully saturated rings. The summed E-state index contributed by atoms with van der Waals surface area (Å²) in [6.07, 6.45) is 6.65. The topological polar surface area (TPSA) is 70.0 Å². The molecule has 5 heteroatoms. The van der Waals surface area contributed by atoms with E-state index >= 15 is 0 Å². The van der Waals surface area contributed by atoms with Crippen LogP contribution < -0.4 is 4.74 Å². The molecule has 0 aliphatic carbocycles. The first-order chi connectivity index (χ1) is 14.0. The monoisotopic (exact) mass is 395 g/mol. The number of ketones is 1. The van der Waals surface area contributed by atoms with Gasteiger partial charge in [-0.1, -0.05) is 42.3 Å². The van der Waals surface area contributed by atoms with Gasteiger partial charge in [0.15, 0.2) is 5.78 Å². The van der Waals surface area contributed by atoms with Crippen molar-refractivity contribution >= 4 is 11.9 Å². The van der Waals surface area contributed by atoms with E-state index in [-0.39, 0.29) is 29.5 Å². The van der Waals surface area contributed by atoms with Crippen molar-refractivity contribution in [3.63, 3.8) is 0 Å². The summed E-state index contributed by atoms with van der Waals surface area (Å²) < 4.78 is 5.37. The zero-order chi connectivity index (χ0) is 20.8. The van der Waals surface area contributed by atoms with Crippen LogP contribution in [0.4, 0.5) is 0 Å². The Balaban J connectivity index is 1.95. The van der Waals surface area contributed by atoms with E-state index in [0.717, 1.165) is 37.1 Å². The number of benzene rings is 2. The third-order valence-electron chi connectivity index (χ3n) is 5.40. The maximum absolute atomic E-state index is 12.9. The van der Waals surface area contributed by atoms with Crippen LogP contribution in [0.1, 0.15) is 51.9 Å². The standard InChI is InChI=1S/C24H29NO4/c1-17-7-6-8-18(13-17)9-10-21(27)23-22(29-2)14-19(16-26)20(24(23)28)15-25-11-4-3-5-12-25/h6-10,13-14,26,28H,3-5,11-12,15-16H2,1-2H3/b10-9+. The molecule has 0 aromatic heterocycles. The lowest BCUT2D eigenvalue weighted by molar-refractivity contribution is 0.104. The van der Waals surface area contributed by atoms with Gasteiger partial charge < -0.3 is 14.9 Å². The van der Waals surface area contributed by atoms with Crippen molar-refractivity contribution < 1.29 is 19.7 Å². The SMILES string of the molecule is COc1cc(CO)c(CN2CCCCC2)c(O)c1C(=O)/C=C/c1cccc(C)c1. The molecule has 2 aromatic carbocycles. The van der Waals surface area contributed by atoms with Crippen molar-refractivity contribution in [2.45, 2.75) is 39.3 Å². The van der Waals surface area contributed by atoms with E-state index in [1.165, 1.54) is 19.6 Å². The highest BCUT2D eigenvalue weighted by Gasteiger charge is 2.24. The van der Waals surface area contributed by atoms with Gasteiger partial charge in [-0.2, -0.15) is 0 Å². The number of aryl methyl sites for hydroxylation is 1. The molecule has 5 nitrogen and oxygen atoms in total. The second-order valence-corrected chi connectivity index (χ2v) is 7.55. The van der Waals surface area contributed by atoms with Gasteiger partial charge in [0.1, 0.15) is 17.1 Å². The second-order valence-electron chi connectivity index (χ2n) is 7.55. The van der Waals surface area contributed by atoms with Crippen LogP contribution in [-0.2, 0) is 13.2 Å². The Morgan fingerprint density at radius 2 is 1.97 bits per heavy atom. The molecule has 1 aliphatic heterocycles. The van der Waals surface area contributed by atoms with Crippen molar-refractivity contribution in [1.29, 1.82) is 0 Å². The van der Waals surface area contributed by atoms with Crippen LogP contribution >= 0.6 is 0 Å². The summed E-state index contributed by atoms with van der Waals surface area (Å²) in [5.74, 6) is -0.157. The molecule has 2 N–H and O–H groups in total. The first-order valence-corrected chi connectivity index (χ1v) is 10.1. The number of aliphatic hydroxyl groups excluding tert-OH is 1. The summed E-state index contributed by atoms with van der Waals surface area (Å²) >= 11 is 0. The fourth-order valence-electron chi connectivity index (χ4n) is 3.82. The van der Waals surface area contributed by atoms with Gasteiger partial charge in [-0.05, 0) is 56.1 Å². The molecule has 154 valence electrons. The Kier molecular flexibility index (Phi) is 7.07. The summed E-state index contributed by atoms with van der Waals surface area (Å²) in [7, 11) is 1.46. The van der Waals surface area contributed by atoms with E-state index in [2.05, 4.69) is 4.90 Å². The molecule has 0 unspecified atom stereocenters. The summed E-state index contributed by atoms with van der Waals surface area (Å²) in [6.45, 7) is 4.18. The van der Waals surface area contributed by atoms with Gasteiger partial charge >= 0.3 is 0 Å². The zero-order valence-electron chi connectivity index (χ0n) is 17.1. The van der Waals surface area contributed by atoms with Crippen LogP contribution in [0, 0.1) is 6.92 Å². The van der Waals surface area contributed by atoms with Crippen molar-refractivity contribution in [2.75, 3.05) is 20.2 Å². The van der Waals surface area contributed by atoms with Crippen LogP contribution in [-0.4, -0.2) is 41.1 Å². The van der Waals surface area contributed by atoms with Crippen LogP contribution in [0.2, 0.25) is 0 Å². The van der Waals surface area contributed by atoms with E-state index in [0.29, 0.717) is 17.7 Å². The number of nitrogens with zero attached hydrogens (tertiary/aromatic N) is 1. The Bertz CT molecular complexity index is 898. The first kappa shape index (κ1) is 21.1. The molecule has 1 heterocycles. The number of carbonyl (C=O) groups excluding carboxylic acids is 1. The predicted octanol–water partition coefficient (Wildman–Crippen LogP) is 4.08. The normalized spacial score (nSPS) is 15.0. The summed E-state index contributed by atoms with van der Waals surface area (Å²) in [5, 5.41) is 20.8. The number of hydrogen-bond donors (Lipinski definition) is 2. The number of rotatable bonds is 7. The van der Waals surface area contributed by atoms with Gasteiger partial charge in [0.2, 0.25) is 0 Å². The summed E-state index contributed by atoms with van der Waals surface area (Å²) in [6, 6.07) is 9.49. The molecule has 0 saturated carbocycles. The summed E-state index contributed by atoms with van der Waals surface area (Å²) in [4.78, 5) is 15.2. The molecule has 1 saturated heterocycles. The average molecular weight is 395 g/mol. The number of carbonyl (C=O) groups is 1. The number of phenols is 1. The molecule has 2 aromatic rings. The molecule has 0 spiro atoms. The molecule has 3 rings (SSSR count). The van der Waals surface area contributed by atoms with E-state index < -0.39 is 0 Å². The minimum absolute atomic E-state index is 0.0992. The number of aromatic hydroxyl groups is 1. The van der Waals surface area contributed by atoms with Gasteiger partial charge in [-0.3, -0.25) is 9.69 Å². The number of aliphatic hydroxyl groups is 1. The first-order valence-electron chi connectivity index (χ1n) is 10.1. The highest BCUT2D eigenvalue weighted by atomic mass is 16.5. The molecule has 0 bridgehead atoms. The maximum atomic E-state index is 12.9. The Morgan fingerprint density at radius 1 is 1.21 bits per heavy atom. The van der Waals surface area contributed by atoms with E-state index in [9.17, 15) is 15.0 Å². The van der Waals surface area contributed by atoms with Gasteiger partial charge in [0.25, 0.3) is 0 Å². The Hall–Kier alpha value is -2.63. The Labute approximate surface area is 172 Å². The lowest BCUT2D eigenvalue weighted by atomic mass is 9.97. The van der Waals surface area contributed by atoms with E-state index in [1.807, 2.05) is 31.2 Å². The van der Waals surface area contributed by atoms with Crippen molar-refractivity contribution in [3.8, 4) is 11.5 Å². The van der Waals surface area contributed by atoms with Crippen molar-refractivity contribution in [3.05, 3.63) is 64.2 Å². The second kappa shape index (κ2) is 9.72. The van der Waals surface area contributed by atoms with Crippen molar-refractivity contribution in [2.24, 2.45) is 0 Å². The van der Waals surface area contributed by atoms with Crippen LogP contribution in [0.25, 0.3) is 6.08 Å². The molecule has 1 aliphatic rings. The molecule has 0 atom stereocenters. The van der Waals surface area contributed by atoms with Crippen LogP contribution in [0.3, 0.4) is 0 Å². The fraction of sp³-hybridized carbons (Fsp3) is 0.375. The zero-order valence-corrected chi connectivity index (χ0v) is 17.1. The third kappa shape index (κ3) is 5.05. The number of allylic oxidation sites excluding steroid dienone is 1. The smallest absolute Gasteiger partial charge is 0.193 e. The van der Waals surface area contributed by atoms with Gasteiger partial charge in [0.05, 0.1) is 13.7 Å². The fourth-order valence-corrected chi connectivity index (χ4v) is 3.82. The number of piperidine rings is 1. The lowest BCUT2D eigenvalue weighted by Gasteiger charge is -2.28. The number of methoxy groups -OCH3 is 1. The molecule has 0 amide bonds. The lowest BCUT2D eigenvalue weighted by Crippen LogP contribution is -2.29. The highest BCUT2D eigenvalue weighted by Crippen LogP contribution is 2.36. The number of likely N-dealkylation sites (tertiary alicyclic amines) is 1. The highest BCUT2D eigenvalue weighted by molar-refractivity contribution is 6.10. The van der Waals surface area contributed by atoms with Gasteiger partial charge in [0, 0.05) is 12.1 Å². The maximum Gasteiger partial charge on any atom is 0.193 e. The minimum Gasteiger partial charge on any atom is -0.507 e. The van der Waals surface area contributed by atoms with Gasteiger partial charge in [-0.25, -0.2) is 0 Å². The van der Waals surface area contributed by atoms with Crippen LogP contribution in [0.5, 0.6) is 11.5 Å². The molecular formula is C24H29NO4. The third-order valence-corrected chi connectivity index (χ3v) is 5.40. The molecule has 29 heavy (non-hydrogen) atoms. The number of hydrogen-bond acceptors (Lipinski definition) is 5. The predicted molar refractivity (Wildman–Crippen MR) is 114 cm³/mol. The van der Waals surface area contributed by atoms with Gasteiger partial charge in [-0.15, -0.1) is 0 Å². The minimum atomic E-state index is -0.328. The number of ether oxygens (including phenoxy) is 1. The quantitative estimate of drug-likeness (QED) is 0.546. The number of phenolic OH excluding ortho intramolecular Hbond substituents is 1. The van der Waals surface area contributed by atoms with E-state index in [1.54, 1.807) is 12.1 Å². The van der Waals surface area contributed by atoms with E-state index in [4.69, 9.17) is 4.74 Å². The summed E-state index contributed by atoms with van der Waals surface area (Å²) in [5.41, 5.74) is 3.35. The largest absolute Gasteiger partial charge is 0.507 e. The van der Waals surface area contributed by atoms with Crippen molar-refractivity contribution in [1.82, 2.24) is 4.90 Å². The Morgan fingerprint density at radius 3 is 2.62 bits per heavy atom. The van der Waals surface area contributed by atoms with Crippen LogP contribution in [0.15, 0.2) is 36.4 Å².